The van der Waals surface area contributed by atoms with Gasteiger partial charge in [0, 0.05) is 25.1 Å². The molecule has 6 nitrogen and oxygen atoms in total. The summed E-state index contributed by atoms with van der Waals surface area (Å²) >= 11 is 1.68. The number of nitrogens with one attached hydrogen (secondary N) is 2. The number of carbonyl (C=O) groups is 2. The van der Waals surface area contributed by atoms with Crippen molar-refractivity contribution in [3.63, 3.8) is 0 Å². The van der Waals surface area contributed by atoms with Crippen LogP contribution in [0.15, 0.2) is 64.9 Å². The number of thiophene rings is 1. The second kappa shape index (κ2) is 11.8. The molecule has 3 N–H and O–H groups in total. The summed E-state index contributed by atoms with van der Waals surface area (Å²) in [4.78, 5) is 24.1. The predicted octanol–water partition coefficient (Wildman–Crippen LogP) is 5.52. The highest BCUT2D eigenvalue weighted by molar-refractivity contribution is 7.08. The van der Waals surface area contributed by atoms with Crippen LogP contribution in [0.1, 0.15) is 45.6 Å². The first-order chi connectivity index (χ1) is 17.4. The number of rotatable bonds is 10. The molecule has 3 aromatic rings. The van der Waals surface area contributed by atoms with Crippen LogP contribution in [0.5, 0.6) is 0 Å². The van der Waals surface area contributed by atoms with Crippen LogP contribution < -0.4 is 10.6 Å². The molecule has 2 aromatic carbocycles. The Hall–Kier alpha value is -3.00. The lowest BCUT2D eigenvalue weighted by Gasteiger charge is -2.38. The minimum atomic E-state index is -0.952. The molecule has 1 amide bonds. The van der Waals surface area contributed by atoms with Crippen molar-refractivity contribution in [3.05, 3.63) is 70.4 Å². The van der Waals surface area contributed by atoms with E-state index in [0.717, 1.165) is 23.8 Å². The number of aliphatic carboxylic acids is 1. The van der Waals surface area contributed by atoms with E-state index in [1.807, 2.05) is 26.0 Å². The van der Waals surface area contributed by atoms with E-state index >= 15 is 0 Å². The first kappa shape index (κ1) is 26.1. The second-order valence-electron chi connectivity index (χ2n) is 9.28. The van der Waals surface area contributed by atoms with Gasteiger partial charge in [-0.05, 0) is 69.6 Å². The van der Waals surface area contributed by atoms with Crippen molar-refractivity contribution in [1.82, 2.24) is 10.6 Å². The Morgan fingerprint density at radius 3 is 2.50 bits per heavy atom. The van der Waals surface area contributed by atoms with E-state index in [4.69, 9.17) is 4.74 Å². The standard InChI is InChI=1S/C29H34N2O4S/c1-4-22(5-2)35-27-15-21(29(33)34)14-26(28(27)31-18(3)32)30-16-19-10-11-24(20-12-13-36-17-20)25-9-7-6-8-23(19)25/h6-13,15,17,22,26-28,30H,4-5,14,16H2,1-3H3,(H,31,32)(H,33,34)/t26-,27+,28+/m0/s1. The number of benzene rings is 2. The van der Waals surface area contributed by atoms with Crippen LogP contribution in [0.25, 0.3) is 21.9 Å². The van der Waals surface area contributed by atoms with Gasteiger partial charge < -0.3 is 20.5 Å². The highest BCUT2D eigenvalue weighted by Gasteiger charge is 2.37. The molecule has 0 spiro atoms. The van der Waals surface area contributed by atoms with Crippen LogP contribution in [-0.4, -0.2) is 41.3 Å². The zero-order chi connectivity index (χ0) is 25.7. The first-order valence-electron chi connectivity index (χ1n) is 12.5. The van der Waals surface area contributed by atoms with Crippen molar-refractivity contribution >= 4 is 34.0 Å². The predicted molar refractivity (Wildman–Crippen MR) is 145 cm³/mol. The van der Waals surface area contributed by atoms with Crippen molar-refractivity contribution in [1.29, 1.82) is 0 Å². The number of carbonyl (C=O) groups excluding carboxylic acids is 1. The number of amides is 1. The maximum atomic E-state index is 12.1. The van der Waals surface area contributed by atoms with Crippen molar-refractivity contribution in [3.8, 4) is 11.1 Å². The molecule has 1 aliphatic carbocycles. The lowest BCUT2D eigenvalue weighted by molar-refractivity contribution is -0.133. The Balaban J connectivity index is 1.63. The van der Waals surface area contributed by atoms with E-state index in [9.17, 15) is 14.7 Å². The van der Waals surface area contributed by atoms with E-state index < -0.39 is 12.1 Å². The van der Waals surface area contributed by atoms with Gasteiger partial charge in [0.05, 0.1) is 18.2 Å². The molecular weight excluding hydrogens is 472 g/mol. The lowest BCUT2D eigenvalue weighted by atomic mass is 9.87. The summed E-state index contributed by atoms with van der Waals surface area (Å²) in [5.41, 5.74) is 3.82. The van der Waals surface area contributed by atoms with Gasteiger partial charge in [-0.15, -0.1) is 0 Å². The summed E-state index contributed by atoms with van der Waals surface area (Å²) in [6.45, 7) is 6.12. The van der Waals surface area contributed by atoms with Crippen LogP contribution in [0, 0.1) is 0 Å². The Kier molecular flexibility index (Phi) is 8.56. The normalized spacial score (nSPS) is 19.9. The monoisotopic (exact) mass is 506 g/mol. The molecule has 190 valence electrons. The van der Waals surface area contributed by atoms with Crippen LogP contribution in [-0.2, 0) is 20.9 Å². The van der Waals surface area contributed by atoms with Gasteiger partial charge in [0.25, 0.3) is 0 Å². The van der Waals surface area contributed by atoms with E-state index in [1.165, 1.54) is 23.4 Å². The number of ether oxygens (including phenoxy) is 1. The molecule has 0 bridgehead atoms. The number of carboxylic acids is 1. The fourth-order valence-electron chi connectivity index (χ4n) is 4.99. The van der Waals surface area contributed by atoms with Crippen molar-refractivity contribution < 1.29 is 19.4 Å². The molecule has 7 heteroatoms. The maximum Gasteiger partial charge on any atom is 0.331 e. The van der Waals surface area contributed by atoms with Gasteiger partial charge in [-0.25, -0.2) is 4.79 Å². The zero-order valence-electron chi connectivity index (χ0n) is 21.0. The topological polar surface area (TPSA) is 87.7 Å². The fourth-order valence-corrected chi connectivity index (χ4v) is 5.65. The summed E-state index contributed by atoms with van der Waals surface area (Å²) in [7, 11) is 0. The molecule has 0 unspecified atom stereocenters. The summed E-state index contributed by atoms with van der Waals surface area (Å²) in [6, 6.07) is 14.1. The maximum absolute atomic E-state index is 12.1. The molecular formula is C29H34N2O4S. The molecule has 1 aromatic heterocycles. The van der Waals surface area contributed by atoms with Gasteiger partial charge in [0.15, 0.2) is 0 Å². The molecule has 1 heterocycles. The number of hydrogen-bond acceptors (Lipinski definition) is 5. The number of fused-ring (bicyclic) bond motifs is 1. The summed E-state index contributed by atoms with van der Waals surface area (Å²) in [5.74, 6) is -1.12. The minimum absolute atomic E-state index is 0.00936. The summed E-state index contributed by atoms with van der Waals surface area (Å²) in [5, 5.41) is 23.0. The lowest BCUT2D eigenvalue weighted by Crippen LogP contribution is -2.58. The third kappa shape index (κ3) is 5.86. The first-order valence-corrected chi connectivity index (χ1v) is 13.5. The van der Waals surface area contributed by atoms with Crippen molar-refractivity contribution in [2.75, 3.05) is 0 Å². The minimum Gasteiger partial charge on any atom is -0.478 e. The van der Waals surface area contributed by atoms with E-state index in [0.29, 0.717) is 18.5 Å². The molecule has 3 atom stereocenters. The Bertz CT molecular complexity index is 1230. The van der Waals surface area contributed by atoms with Crippen molar-refractivity contribution in [2.45, 2.75) is 70.9 Å². The Morgan fingerprint density at radius 2 is 1.86 bits per heavy atom. The molecule has 0 fully saturated rings. The Morgan fingerprint density at radius 1 is 1.11 bits per heavy atom. The fraction of sp³-hybridized carbons (Fsp3) is 0.379. The number of hydrogen-bond donors (Lipinski definition) is 3. The molecule has 0 aliphatic heterocycles. The highest BCUT2D eigenvalue weighted by atomic mass is 32.1. The second-order valence-corrected chi connectivity index (χ2v) is 10.1. The largest absolute Gasteiger partial charge is 0.478 e. The van der Waals surface area contributed by atoms with Gasteiger partial charge in [-0.1, -0.05) is 50.2 Å². The van der Waals surface area contributed by atoms with Crippen LogP contribution in [0.3, 0.4) is 0 Å². The van der Waals surface area contributed by atoms with Crippen LogP contribution in [0.2, 0.25) is 0 Å². The third-order valence-electron chi connectivity index (χ3n) is 6.90. The van der Waals surface area contributed by atoms with E-state index in [2.05, 4.69) is 51.7 Å². The van der Waals surface area contributed by atoms with Gasteiger partial charge in [0.1, 0.15) is 0 Å². The van der Waals surface area contributed by atoms with Gasteiger partial charge in [-0.3, -0.25) is 4.79 Å². The summed E-state index contributed by atoms with van der Waals surface area (Å²) < 4.78 is 6.30. The van der Waals surface area contributed by atoms with Gasteiger partial charge >= 0.3 is 5.97 Å². The zero-order valence-corrected chi connectivity index (χ0v) is 21.8. The van der Waals surface area contributed by atoms with Gasteiger partial charge in [0.2, 0.25) is 5.91 Å². The molecule has 0 saturated heterocycles. The van der Waals surface area contributed by atoms with E-state index in [1.54, 1.807) is 17.4 Å². The SMILES string of the molecule is CCC(CC)O[C@@H]1C=C(C(=O)O)C[C@H](NCc2ccc(-c3ccsc3)c3ccccc23)[C@H]1NC(C)=O. The average molecular weight is 507 g/mol. The molecule has 0 radical (unpaired) electrons. The van der Waals surface area contributed by atoms with Crippen molar-refractivity contribution in [2.24, 2.45) is 0 Å². The highest BCUT2D eigenvalue weighted by Crippen LogP contribution is 2.32. The third-order valence-corrected chi connectivity index (χ3v) is 7.58. The van der Waals surface area contributed by atoms with Crippen LogP contribution in [0.4, 0.5) is 0 Å². The van der Waals surface area contributed by atoms with Crippen LogP contribution >= 0.6 is 11.3 Å². The molecule has 1 aliphatic rings. The number of carboxylic acid groups (broad SMARTS) is 1. The van der Waals surface area contributed by atoms with Gasteiger partial charge in [-0.2, -0.15) is 11.3 Å². The summed E-state index contributed by atoms with van der Waals surface area (Å²) in [6.07, 6.45) is 3.07. The molecule has 36 heavy (non-hydrogen) atoms. The van der Waals surface area contributed by atoms with E-state index in [-0.39, 0.29) is 24.1 Å². The Labute approximate surface area is 216 Å². The molecule has 0 saturated carbocycles. The quantitative estimate of drug-likeness (QED) is 0.337. The average Bonchev–Trinajstić information content (AvgIpc) is 3.41. The smallest absolute Gasteiger partial charge is 0.331 e. The molecule has 4 rings (SSSR count).